The molecule has 1 amide bonds. The second-order valence-corrected chi connectivity index (χ2v) is 6.40. The first kappa shape index (κ1) is 15.7. The van der Waals surface area contributed by atoms with E-state index in [9.17, 15) is 4.79 Å². The number of hydrogen-bond acceptors (Lipinski definition) is 3. The molecule has 2 rings (SSSR count). The maximum absolute atomic E-state index is 12.0. The van der Waals surface area contributed by atoms with Crippen molar-refractivity contribution in [1.82, 2.24) is 5.32 Å². The number of nitrogens with one attached hydrogen (secondary N) is 1. The average Bonchev–Trinajstić information content (AvgIpc) is 2.99. The SMILES string of the molecule is CCCc1ccc(C(C)(NCc2cccs2)C(N)=O)cc1. The van der Waals surface area contributed by atoms with Crippen LogP contribution in [0.25, 0.3) is 0 Å². The van der Waals surface area contributed by atoms with Gasteiger partial charge in [-0.2, -0.15) is 0 Å². The van der Waals surface area contributed by atoms with Crippen molar-refractivity contribution in [1.29, 1.82) is 0 Å². The Morgan fingerprint density at radius 3 is 2.52 bits per heavy atom. The first-order chi connectivity index (χ1) is 10.1. The number of primary amides is 1. The third kappa shape index (κ3) is 3.71. The van der Waals surface area contributed by atoms with Crippen LogP contribution in [0.15, 0.2) is 41.8 Å². The van der Waals surface area contributed by atoms with Crippen LogP contribution < -0.4 is 11.1 Å². The smallest absolute Gasteiger partial charge is 0.242 e. The van der Waals surface area contributed by atoms with Crippen molar-refractivity contribution < 1.29 is 4.79 Å². The lowest BCUT2D eigenvalue weighted by molar-refractivity contribution is -0.124. The minimum Gasteiger partial charge on any atom is -0.368 e. The van der Waals surface area contributed by atoms with E-state index in [0.717, 1.165) is 18.4 Å². The molecule has 0 aliphatic carbocycles. The van der Waals surface area contributed by atoms with Gasteiger partial charge in [0.2, 0.25) is 5.91 Å². The molecule has 3 nitrogen and oxygen atoms in total. The molecule has 0 fully saturated rings. The second-order valence-electron chi connectivity index (χ2n) is 5.37. The van der Waals surface area contributed by atoms with Crippen molar-refractivity contribution in [3.63, 3.8) is 0 Å². The molecule has 0 spiro atoms. The van der Waals surface area contributed by atoms with Crippen LogP contribution >= 0.6 is 11.3 Å². The highest BCUT2D eigenvalue weighted by Gasteiger charge is 2.32. The summed E-state index contributed by atoms with van der Waals surface area (Å²) in [6.45, 7) is 4.63. The summed E-state index contributed by atoms with van der Waals surface area (Å²) in [6, 6.07) is 12.2. The third-order valence-electron chi connectivity index (χ3n) is 3.76. The van der Waals surface area contributed by atoms with Crippen LogP contribution in [0, 0.1) is 0 Å². The molecule has 21 heavy (non-hydrogen) atoms. The second kappa shape index (κ2) is 6.87. The van der Waals surface area contributed by atoms with Crippen molar-refractivity contribution in [3.8, 4) is 0 Å². The van der Waals surface area contributed by atoms with Gasteiger partial charge in [0.1, 0.15) is 5.54 Å². The molecule has 112 valence electrons. The van der Waals surface area contributed by atoms with Crippen molar-refractivity contribution in [2.45, 2.75) is 38.8 Å². The van der Waals surface area contributed by atoms with Gasteiger partial charge in [0.15, 0.2) is 0 Å². The molecular formula is C17H22N2OS. The van der Waals surface area contributed by atoms with Gasteiger partial charge in [-0.3, -0.25) is 10.1 Å². The fourth-order valence-electron chi connectivity index (χ4n) is 2.30. The Balaban J connectivity index is 2.18. The summed E-state index contributed by atoms with van der Waals surface area (Å²) in [5.74, 6) is -0.359. The Hall–Kier alpha value is -1.65. The van der Waals surface area contributed by atoms with Crippen LogP contribution in [0.3, 0.4) is 0 Å². The van der Waals surface area contributed by atoms with Crippen molar-refractivity contribution in [3.05, 3.63) is 57.8 Å². The largest absolute Gasteiger partial charge is 0.368 e. The van der Waals surface area contributed by atoms with Crippen molar-refractivity contribution in [2.75, 3.05) is 0 Å². The Morgan fingerprint density at radius 2 is 2.00 bits per heavy atom. The summed E-state index contributed by atoms with van der Waals surface area (Å²) in [7, 11) is 0. The van der Waals surface area contributed by atoms with Crippen molar-refractivity contribution in [2.24, 2.45) is 5.73 Å². The quantitative estimate of drug-likeness (QED) is 0.825. The summed E-state index contributed by atoms with van der Waals surface area (Å²) in [5, 5.41) is 5.33. The normalized spacial score (nSPS) is 13.8. The van der Waals surface area contributed by atoms with Crippen LogP contribution in [-0.4, -0.2) is 5.91 Å². The number of amides is 1. The number of nitrogens with two attached hydrogens (primary N) is 1. The van der Waals surface area contributed by atoms with Gasteiger partial charge in [-0.15, -0.1) is 11.3 Å². The highest BCUT2D eigenvalue weighted by molar-refractivity contribution is 7.09. The van der Waals surface area contributed by atoms with E-state index in [1.807, 2.05) is 36.6 Å². The molecule has 1 heterocycles. The standard InChI is InChI=1S/C17H22N2OS/c1-3-5-13-7-9-14(10-8-13)17(2,16(18)20)19-12-15-6-4-11-21-15/h4,6-11,19H,3,5,12H2,1-2H3,(H2,18,20). The van der Waals surface area contributed by atoms with Gasteiger partial charge in [-0.1, -0.05) is 43.7 Å². The number of carbonyl (C=O) groups excluding carboxylic acids is 1. The van der Waals surface area contributed by atoms with Crippen LogP contribution in [0.2, 0.25) is 0 Å². The van der Waals surface area contributed by atoms with Crippen molar-refractivity contribution >= 4 is 17.2 Å². The maximum atomic E-state index is 12.0. The minimum atomic E-state index is -0.852. The zero-order valence-corrected chi connectivity index (χ0v) is 13.4. The number of carbonyl (C=O) groups is 1. The predicted molar refractivity (Wildman–Crippen MR) is 88.1 cm³/mol. The fraction of sp³-hybridized carbons (Fsp3) is 0.353. The molecule has 0 radical (unpaired) electrons. The van der Waals surface area contributed by atoms with Gasteiger partial charge in [0.05, 0.1) is 0 Å². The van der Waals surface area contributed by atoms with Crippen LogP contribution in [0.4, 0.5) is 0 Å². The lowest BCUT2D eigenvalue weighted by Crippen LogP contribution is -2.49. The number of hydrogen-bond donors (Lipinski definition) is 2. The molecule has 0 aliphatic heterocycles. The lowest BCUT2D eigenvalue weighted by Gasteiger charge is -2.28. The predicted octanol–water partition coefficient (Wildman–Crippen LogP) is 3.19. The number of rotatable bonds is 7. The Morgan fingerprint density at radius 1 is 1.29 bits per heavy atom. The summed E-state index contributed by atoms with van der Waals surface area (Å²) >= 11 is 1.66. The van der Waals surface area contributed by atoms with E-state index in [1.54, 1.807) is 11.3 Å². The van der Waals surface area contributed by atoms with E-state index >= 15 is 0 Å². The van der Waals surface area contributed by atoms with E-state index in [1.165, 1.54) is 10.4 Å². The first-order valence-corrected chi connectivity index (χ1v) is 8.11. The molecule has 1 atom stereocenters. The van der Waals surface area contributed by atoms with Crippen LogP contribution in [0.1, 0.15) is 36.3 Å². The fourth-order valence-corrected chi connectivity index (χ4v) is 2.95. The molecule has 4 heteroatoms. The molecule has 0 aliphatic rings. The molecule has 0 saturated carbocycles. The van der Waals surface area contributed by atoms with E-state index in [-0.39, 0.29) is 5.91 Å². The van der Waals surface area contributed by atoms with E-state index in [0.29, 0.717) is 6.54 Å². The van der Waals surface area contributed by atoms with Gasteiger partial charge in [0, 0.05) is 11.4 Å². The molecule has 1 unspecified atom stereocenters. The van der Waals surface area contributed by atoms with Gasteiger partial charge in [0.25, 0.3) is 0 Å². The van der Waals surface area contributed by atoms with Gasteiger partial charge in [-0.05, 0) is 35.9 Å². The van der Waals surface area contributed by atoms with Crippen LogP contribution in [-0.2, 0) is 23.3 Å². The van der Waals surface area contributed by atoms with E-state index in [4.69, 9.17) is 5.73 Å². The van der Waals surface area contributed by atoms with Gasteiger partial charge < -0.3 is 5.73 Å². The molecule has 2 aromatic rings. The van der Waals surface area contributed by atoms with E-state index in [2.05, 4.69) is 24.4 Å². The summed E-state index contributed by atoms with van der Waals surface area (Å²) in [5.41, 5.74) is 6.98. The Labute approximate surface area is 130 Å². The van der Waals surface area contributed by atoms with Crippen LogP contribution in [0.5, 0.6) is 0 Å². The molecule has 0 bridgehead atoms. The number of aryl methyl sites for hydroxylation is 1. The highest BCUT2D eigenvalue weighted by atomic mass is 32.1. The molecular weight excluding hydrogens is 280 g/mol. The topological polar surface area (TPSA) is 55.1 Å². The summed E-state index contributed by atoms with van der Waals surface area (Å²) in [4.78, 5) is 13.1. The molecule has 1 aromatic heterocycles. The monoisotopic (exact) mass is 302 g/mol. The average molecular weight is 302 g/mol. The Bertz CT molecular complexity index is 577. The minimum absolute atomic E-state index is 0.359. The first-order valence-electron chi connectivity index (χ1n) is 7.23. The zero-order valence-electron chi connectivity index (χ0n) is 12.6. The summed E-state index contributed by atoms with van der Waals surface area (Å²) < 4.78 is 0. The molecule has 0 saturated heterocycles. The highest BCUT2D eigenvalue weighted by Crippen LogP contribution is 2.23. The zero-order chi connectivity index (χ0) is 15.3. The number of thiophene rings is 1. The molecule has 1 aromatic carbocycles. The maximum Gasteiger partial charge on any atom is 0.242 e. The number of benzene rings is 1. The van der Waals surface area contributed by atoms with Gasteiger partial charge in [-0.25, -0.2) is 0 Å². The Kier molecular flexibility index (Phi) is 5.15. The lowest BCUT2D eigenvalue weighted by atomic mass is 9.90. The van der Waals surface area contributed by atoms with Gasteiger partial charge >= 0.3 is 0 Å². The summed E-state index contributed by atoms with van der Waals surface area (Å²) in [6.07, 6.45) is 2.17. The van der Waals surface area contributed by atoms with E-state index < -0.39 is 5.54 Å². The third-order valence-corrected chi connectivity index (χ3v) is 4.64. The molecule has 3 N–H and O–H groups in total.